The highest BCUT2D eigenvalue weighted by molar-refractivity contribution is 7.92. The molecule has 0 saturated carbocycles. The fourth-order valence-electron chi connectivity index (χ4n) is 4.36. The monoisotopic (exact) mass is 567 g/mol. The topological polar surface area (TPSA) is 86.8 Å². The Balaban J connectivity index is 2.04. The first-order valence-electron chi connectivity index (χ1n) is 13.4. The zero-order valence-corrected chi connectivity index (χ0v) is 24.6. The molecule has 1 unspecified atom stereocenters. The SMILES string of the molecule is CCCCNC(=O)C(C)N(Cc1ccccc1F)C(=O)CN(c1ccc(C)cc1C)S(=O)(=O)c1ccc(C)cc1. The number of halogens is 1. The number of hydrogen-bond acceptors (Lipinski definition) is 4. The van der Waals surface area contributed by atoms with Gasteiger partial charge in [0.15, 0.2) is 0 Å². The van der Waals surface area contributed by atoms with Crippen LogP contribution in [0.2, 0.25) is 0 Å². The predicted octanol–water partition coefficient (Wildman–Crippen LogP) is 5.28. The highest BCUT2D eigenvalue weighted by atomic mass is 32.2. The molecular formula is C31H38FN3O4S. The smallest absolute Gasteiger partial charge is 0.264 e. The summed E-state index contributed by atoms with van der Waals surface area (Å²) in [4.78, 5) is 28.2. The Bertz CT molecular complexity index is 1440. The first kappa shape index (κ1) is 30.8. The summed E-state index contributed by atoms with van der Waals surface area (Å²) in [5, 5.41) is 2.82. The van der Waals surface area contributed by atoms with Crippen LogP contribution in [0.4, 0.5) is 10.1 Å². The molecule has 0 aliphatic carbocycles. The number of rotatable bonds is 12. The molecule has 2 amide bonds. The van der Waals surface area contributed by atoms with Crippen LogP contribution in [0.3, 0.4) is 0 Å². The minimum absolute atomic E-state index is 0.0388. The van der Waals surface area contributed by atoms with E-state index in [1.165, 1.54) is 23.1 Å². The molecule has 0 heterocycles. The van der Waals surface area contributed by atoms with E-state index in [2.05, 4.69) is 5.32 Å². The maximum atomic E-state index is 14.6. The average Bonchev–Trinajstić information content (AvgIpc) is 2.91. The van der Waals surface area contributed by atoms with Gasteiger partial charge in [0, 0.05) is 18.7 Å². The largest absolute Gasteiger partial charge is 0.354 e. The third kappa shape index (κ3) is 7.47. The lowest BCUT2D eigenvalue weighted by Crippen LogP contribution is -2.51. The van der Waals surface area contributed by atoms with Crippen LogP contribution >= 0.6 is 0 Å². The second kappa shape index (κ2) is 13.6. The van der Waals surface area contributed by atoms with Crippen molar-refractivity contribution in [2.75, 3.05) is 17.4 Å². The normalized spacial score (nSPS) is 12.1. The predicted molar refractivity (Wildman–Crippen MR) is 156 cm³/mol. The fraction of sp³-hybridized carbons (Fsp3) is 0.355. The van der Waals surface area contributed by atoms with Gasteiger partial charge in [-0.25, -0.2) is 12.8 Å². The Labute approximate surface area is 237 Å². The molecule has 1 atom stereocenters. The summed E-state index contributed by atoms with van der Waals surface area (Å²) >= 11 is 0. The first-order chi connectivity index (χ1) is 18.9. The van der Waals surface area contributed by atoms with E-state index >= 15 is 0 Å². The van der Waals surface area contributed by atoms with Crippen molar-refractivity contribution in [3.05, 3.63) is 94.8 Å². The van der Waals surface area contributed by atoms with Crippen LogP contribution in [-0.2, 0) is 26.2 Å². The number of sulfonamides is 1. The molecule has 9 heteroatoms. The molecule has 40 heavy (non-hydrogen) atoms. The number of benzene rings is 3. The number of hydrogen-bond donors (Lipinski definition) is 1. The number of aryl methyl sites for hydroxylation is 3. The molecule has 0 aliphatic rings. The van der Waals surface area contributed by atoms with Crippen LogP contribution in [0.1, 0.15) is 48.9 Å². The Morgan fingerprint density at radius 2 is 1.60 bits per heavy atom. The van der Waals surface area contributed by atoms with Crippen molar-refractivity contribution in [3.8, 4) is 0 Å². The zero-order chi connectivity index (χ0) is 29.4. The molecule has 0 aromatic heterocycles. The summed E-state index contributed by atoms with van der Waals surface area (Å²) in [5.74, 6) is -1.54. The second-order valence-electron chi connectivity index (χ2n) is 10.0. The van der Waals surface area contributed by atoms with Crippen molar-refractivity contribution in [2.45, 2.75) is 64.9 Å². The van der Waals surface area contributed by atoms with E-state index in [1.807, 2.05) is 26.8 Å². The molecule has 7 nitrogen and oxygen atoms in total. The van der Waals surface area contributed by atoms with Gasteiger partial charge in [-0.15, -0.1) is 0 Å². The lowest BCUT2D eigenvalue weighted by atomic mass is 10.1. The molecule has 0 bridgehead atoms. The molecule has 0 saturated heterocycles. The fourth-order valence-corrected chi connectivity index (χ4v) is 5.84. The number of anilines is 1. The molecule has 3 aromatic rings. The standard InChI is InChI=1S/C31H38FN3O4S/c1-6-7-18-33-31(37)25(5)34(20-26-10-8-9-11-28(26)32)30(36)21-35(29-17-14-23(3)19-24(29)4)40(38,39)27-15-12-22(2)13-16-27/h8-17,19,25H,6-7,18,20-21H2,1-5H3,(H,33,37). The van der Waals surface area contributed by atoms with E-state index in [-0.39, 0.29) is 17.0 Å². The van der Waals surface area contributed by atoms with Crippen LogP contribution < -0.4 is 9.62 Å². The Hall–Kier alpha value is -3.72. The van der Waals surface area contributed by atoms with Crippen molar-refractivity contribution >= 4 is 27.5 Å². The number of carbonyl (C=O) groups excluding carboxylic acids is 2. The van der Waals surface area contributed by atoms with Gasteiger partial charge in [0.05, 0.1) is 10.6 Å². The Morgan fingerprint density at radius 1 is 0.950 bits per heavy atom. The average molecular weight is 568 g/mol. The quantitative estimate of drug-likeness (QED) is 0.302. The van der Waals surface area contributed by atoms with Crippen molar-refractivity contribution in [3.63, 3.8) is 0 Å². The highest BCUT2D eigenvalue weighted by Gasteiger charge is 2.33. The van der Waals surface area contributed by atoms with E-state index in [1.54, 1.807) is 56.3 Å². The van der Waals surface area contributed by atoms with Gasteiger partial charge in [0.1, 0.15) is 18.4 Å². The summed E-state index contributed by atoms with van der Waals surface area (Å²) in [6.07, 6.45) is 1.66. The summed E-state index contributed by atoms with van der Waals surface area (Å²) in [7, 11) is -4.17. The van der Waals surface area contributed by atoms with Crippen molar-refractivity contribution in [2.24, 2.45) is 0 Å². The molecule has 0 aliphatic heterocycles. The first-order valence-corrected chi connectivity index (χ1v) is 14.9. The molecule has 3 rings (SSSR count). The highest BCUT2D eigenvalue weighted by Crippen LogP contribution is 2.28. The van der Waals surface area contributed by atoms with Gasteiger partial charge in [0.25, 0.3) is 10.0 Å². The molecule has 0 radical (unpaired) electrons. The summed E-state index contributed by atoms with van der Waals surface area (Å²) in [5.41, 5.74) is 3.09. The van der Waals surface area contributed by atoms with Gasteiger partial charge in [-0.05, 0) is 63.9 Å². The van der Waals surface area contributed by atoms with E-state index < -0.39 is 40.2 Å². The molecule has 0 spiro atoms. The number of unbranched alkanes of at least 4 members (excludes halogenated alkanes) is 1. The number of carbonyl (C=O) groups is 2. The van der Waals surface area contributed by atoms with E-state index in [4.69, 9.17) is 0 Å². The van der Waals surface area contributed by atoms with Gasteiger partial charge in [-0.2, -0.15) is 0 Å². The van der Waals surface area contributed by atoms with Gasteiger partial charge in [0.2, 0.25) is 11.8 Å². The minimum atomic E-state index is -4.17. The maximum absolute atomic E-state index is 14.6. The van der Waals surface area contributed by atoms with Crippen LogP contribution in [0.25, 0.3) is 0 Å². The zero-order valence-electron chi connectivity index (χ0n) is 23.8. The third-order valence-corrected chi connectivity index (χ3v) is 8.58. The molecule has 1 N–H and O–H groups in total. The number of nitrogens with one attached hydrogen (secondary N) is 1. The van der Waals surface area contributed by atoms with Crippen LogP contribution in [0.15, 0.2) is 71.6 Å². The van der Waals surface area contributed by atoms with Crippen molar-refractivity contribution in [1.82, 2.24) is 10.2 Å². The lowest BCUT2D eigenvalue weighted by Gasteiger charge is -2.32. The van der Waals surface area contributed by atoms with E-state index in [0.717, 1.165) is 28.3 Å². The van der Waals surface area contributed by atoms with E-state index in [0.29, 0.717) is 17.8 Å². The van der Waals surface area contributed by atoms with Crippen LogP contribution in [0, 0.1) is 26.6 Å². The minimum Gasteiger partial charge on any atom is -0.354 e. The molecule has 214 valence electrons. The maximum Gasteiger partial charge on any atom is 0.264 e. The lowest BCUT2D eigenvalue weighted by molar-refractivity contribution is -0.139. The third-order valence-electron chi connectivity index (χ3n) is 6.80. The molecular weight excluding hydrogens is 529 g/mol. The van der Waals surface area contributed by atoms with Gasteiger partial charge >= 0.3 is 0 Å². The number of nitrogens with zero attached hydrogens (tertiary/aromatic N) is 2. The van der Waals surface area contributed by atoms with Gasteiger partial charge in [-0.1, -0.05) is 66.9 Å². The second-order valence-corrected chi connectivity index (χ2v) is 11.9. The Kier molecular flexibility index (Phi) is 10.5. The molecule has 0 fully saturated rings. The van der Waals surface area contributed by atoms with E-state index in [9.17, 15) is 22.4 Å². The Morgan fingerprint density at radius 3 is 2.23 bits per heavy atom. The molecule has 3 aromatic carbocycles. The van der Waals surface area contributed by atoms with Crippen molar-refractivity contribution < 1.29 is 22.4 Å². The van der Waals surface area contributed by atoms with Crippen LogP contribution in [-0.4, -0.2) is 44.3 Å². The summed E-state index contributed by atoms with van der Waals surface area (Å²) in [6.45, 7) is 8.78. The summed E-state index contributed by atoms with van der Waals surface area (Å²) in [6, 6.07) is 16.8. The van der Waals surface area contributed by atoms with Crippen LogP contribution in [0.5, 0.6) is 0 Å². The summed E-state index contributed by atoms with van der Waals surface area (Å²) < 4.78 is 43.6. The number of amides is 2. The van der Waals surface area contributed by atoms with Gasteiger partial charge in [-0.3, -0.25) is 13.9 Å². The van der Waals surface area contributed by atoms with Crippen molar-refractivity contribution in [1.29, 1.82) is 0 Å². The van der Waals surface area contributed by atoms with Gasteiger partial charge < -0.3 is 10.2 Å².